The number of rotatable bonds is 11. The number of aliphatic hydroxyl groups excluding tert-OH is 1. The molecular weight excluding hydrogens is 524 g/mol. The maximum absolute atomic E-state index is 14.6. The molecule has 1 spiro atoms. The largest absolute Gasteiger partial charge is 0.461 e. The second-order valence-electron chi connectivity index (χ2n) is 10.9. The maximum Gasteiger partial charge on any atom is 0.311 e. The zero-order valence-electron chi connectivity index (χ0n) is 22.2. The molecule has 7 nitrogen and oxygen atoms in total. The summed E-state index contributed by atoms with van der Waals surface area (Å²) in [6.07, 6.45) is 4.40. The molecule has 1 N–H and O–H groups in total. The lowest BCUT2D eigenvalue weighted by atomic mass is 9.66. The molecular formula is C29H37ClN2O5S. The van der Waals surface area contributed by atoms with Crippen LogP contribution in [-0.4, -0.2) is 69.6 Å². The fourth-order valence-corrected chi connectivity index (χ4v) is 9.19. The number of ether oxygens (including phenoxy) is 1. The third kappa shape index (κ3) is 4.69. The Morgan fingerprint density at radius 3 is 2.55 bits per heavy atom. The molecule has 3 heterocycles. The van der Waals surface area contributed by atoms with Gasteiger partial charge in [0, 0.05) is 22.5 Å². The molecule has 3 aliphatic rings. The third-order valence-electron chi connectivity index (χ3n) is 8.10. The predicted molar refractivity (Wildman–Crippen MR) is 151 cm³/mol. The van der Waals surface area contributed by atoms with E-state index in [2.05, 4.69) is 20.1 Å². The van der Waals surface area contributed by atoms with Crippen molar-refractivity contribution >= 4 is 46.8 Å². The highest BCUT2D eigenvalue weighted by molar-refractivity contribution is 8.02. The third-order valence-corrected chi connectivity index (χ3v) is 10.4. The lowest BCUT2D eigenvalue weighted by Gasteiger charge is -2.42. The molecule has 2 bridgehead atoms. The van der Waals surface area contributed by atoms with Crippen molar-refractivity contribution in [3.63, 3.8) is 0 Å². The molecule has 0 radical (unpaired) electrons. The predicted octanol–water partition coefficient (Wildman–Crippen LogP) is 4.33. The molecule has 7 atom stereocenters. The highest BCUT2D eigenvalue weighted by Crippen LogP contribution is 2.69. The Balaban J connectivity index is 1.84. The van der Waals surface area contributed by atoms with Crippen molar-refractivity contribution in [1.82, 2.24) is 4.90 Å². The zero-order valence-corrected chi connectivity index (χ0v) is 23.8. The molecule has 0 saturated carbocycles. The first-order chi connectivity index (χ1) is 18.1. The van der Waals surface area contributed by atoms with Gasteiger partial charge in [0.1, 0.15) is 12.6 Å². The summed E-state index contributed by atoms with van der Waals surface area (Å²) >= 11 is 7.70. The van der Waals surface area contributed by atoms with Gasteiger partial charge >= 0.3 is 5.97 Å². The summed E-state index contributed by atoms with van der Waals surface area (Å²) in [5, 5.41) is 10.9. The van der Waals surface area contributed by atoms with E-state index in [9.17, 15) is 19.5 Å². The maximum atomic E-state index is 14.6. The van der Waals surface area contributed by atoms with Crippen molar-refractivity contribution in [2.75, 3.05) is 24.7 Å². The van der Waals surface area contributed by atoms with E-state index in [0.29, 0.717) is 23.6 Å². The van der Waals surface area contributed by atoms with Crippen molar-refractivity contribution in [2.45, 2.75) is 55.7 Å². The molecule has 38 heavy (non-hydrogen) atoms. The fourth-order valence-electron chi connectivity index (χ4n) is 6.68. The van der Waals surface area contributed by atoms with E-state index < -0.39 is 34.6 Å². The Morgan fingerprint density at radius 1 is 1.29 bits per heavy atom. The summed E-state index contributed by atoms with van der Waals surface area (Å²) < 4.78 is 4.64. The number of aliphatic hydroxyl groups is 1. The number of carbonyl (C=O) groups excluding carboxylic acids is 3. The smallest absolute Gasteiger partial charge is 0.311 e. The fraction of sp³-hybridized carbons (Fsp3) is 0.552. The minimum absolute atomic E-state index is 0.00282. The van der Waals surface area contributed by atoms with Crippen LogP contribution < -0.4 is 4.90 Å². The number of anilines is 1. The number of halogens is 1. The van der Waals surface area contributed by atoms with Gasteiger partial charge in [0.25, 0.3) is 5.91 Å². The summed E-state index contributed by atoms with van der Waals surface area (Å²) in [5.41, 5.74) is 0.642. The highest BCUT2D eigenvalue weighted by Gasteiger charge is 2.77. The average Bonchev–Trinajstić information content (AvgIpc) is 3.48. The van der Waals surface area contributed by atoms with Gasteiger partial charge in [-0.1, -0.05) is 51.1 Å². The lowest BCUT2D eigenvalue weighted by Crippen LogP contribution is -2.59. The number of likely N-dealkylation sites (tertiary alicyclic amines) is 1. The number of fused-ring (bicyclic) bond motifs is 1. The van der Waals surface area contributed by atoms with Gasteiger partial charge in [0.15, 0.2) is 0 Å². The van der Waals surface area contributed by atoms with Crippen molar-refractivity contribution in [1.29, 1.82) is 0 Å². The molecule has 3 fully saturated rings. The van der Waals surface area contributed by atoms with E-state index in [1.54, 1.807) is 51.9 Å². The van der Waals surface area contributed by atoms with Gasteiger partial charge in [0.05, 0.1) is 29.2 Å². The van der Waals surface area contributed by atoms with Crippen LogP contribution in [0.15, 0.2) is 49.6 Å². The van der Waals surface area contributed by atoms with Crippen LogP contribution in [0.2, 0.25) is 5.02 Å². The van der Waals surface area contributed by atoms with Gasteiger partial charge in [-0.15, -0.1) is 18.3 Å². The quantitative estimate of drug-likeness (QED) is 0.320. The Kier molecular flexibility index (Phi) is 8.65. The average molecular weight is 561 g/mol. The van der Waals surface area contributed by atoms with Crippen LogP contribution in [0.3, 0.4) is 0 Å². The van der Waals surface area contributed by atoms with Crippen LogP contribution in [0.25, 0.3) is 0 Å². The zero-order chi connectivity index (χ0) is 27.8. The van der Waals surface area contributed by atoms with Gasteiger partial charge in [-0.05, 0) is 48.9 Å². The first kappa shape index (κ1) is 28.7. The number of esters is 1. The number of carbonyl (C=O) groups is 3. The van der Waals surface area contributed by atoms with E-state index in [-0.39, 0.29) is 48.7 Å². The van der Waals surface area contributed by atoms with Crippen LogP contribution in [0.1, 0.15) is 33.6 Å². The van der Waals surface area contributed by atoms with E-state index in [1.165, 1.54) is 6.08 Å². The Morgan fingerprint density at radius 2 is 1.97 bits per heavy atom. The number of hydrogen-bond donors (Lipinski definition) is 1. The molecule has 4 rings (SSSR count). The first-order valence-corrected chi connectivity index (χ1v) is 14.4. The number of amides is 2. The molecule has 3 unspecified atom stereocenters. The monoisotopic (exact) mass is 560 g/mol. The van der Waals surface area contributed by atoms with E-state index in [1.807, 2.05) is 13.8 Å². The van der Waals surface area contributed by atoms with E-state index in [0.717, 1.165) is 0 Å². The van der Waals surface area contributed by atoms with Gasteiger partial charge < -0.3 is 19.6 Å². The molecule has 1 aromatic rings. The molecule has 0 aliphatic carbocycles. The Hall–Kier alpha value is -2.29. The summed E-state index contributed by atoms with van der Waals surface area (Å²) in [6, 6.07) is 5.58. The van der Waals surface area contributed by atoms with Crippen LogP contribution in [-0.2, 0) is 19.1 Å². The van der Waals surface area contributed by atoms with Crippen molar-refractivity contribution in [2.24, 2.45) is 23.7 Å². The summed E-state index contributed by atoms with van der Waals surface area (Å²) in [6.45, 7) is 13.6. The number of benzene rings is 1. The normalized spacial score (nSPS) is 30.3. The molecule has 2 amide bonds. The van der Waals surface area contributed by atoms with Crippen LogP contribution in [0.5, 0.6) is 0 Å². The molecule has 0 aromatic heterocycles. The topological polar surface area (TPSA) is 87.1 Å². The number of nitrogens with zero attached hydrogens (tertiary/aromatic N) is 2. The van der Waals surface area contributed by atoms with Crippen LogP contribution in [0, 0.1) is 23.7 Å². The van der Waals surface area contributed by atoms with E-state index >= 15 is 0 Å². The summed E-state index contributed by atoms with van der Waals surface area (Å²) in [4.78, 5) is 45.4. The van der Waals surface area contributed by atoms with Gasteiger partial charge in [-0.25, -0.2) is 0 Å². The van der Waals surface area contributed by atoms with Gasteiger partial charge in [-0.2, -0.15) is 0 Å². The van der Waals surface area contributed by atoms with E-state index in [4.69, 9.17) is 16.3 Å². The minimum atomic E-state index is -0.853. The summed E-state index contributed by atoms with van der Waals surface area (Å²) in [7, 11) is 0. The van der Waals surface area contributed by atoms with Crippen molar-refractivity contribution < 1.29 is 24.2 Å². The lowest BCUT2D eigenvalue weighted by molar-refractivity contribution is -0.154. The second-order valence-corrected chi connectivity index (χ2v) is 12.9. The first-order valence-electron chi connectivity index (χ1n) is 13.2. The standard InChI is InChI=1S/C29H37ClN2O5S/c1-6-12-31(20-10-8-19(30)9-11-20)27(35)25-29-18(5)15-22(38-29)23(28(36)37-13-7-2)24(29)26(34)32(25)21(16-33)14-17(3)4/h6-11,17-18,21-25,33H,1-2,12-16H2,3-5H3/t18?,21-,22-,23+,24+,25?,29?/m1/s1. The number of hydrogen-bond acceptors (Lipinski definition) is 6. The Labute approximate surface area is 234 Å². The van der Waals surface area contributed by atoms with Crippen molar-refractivity contribution in [3.05, 3.63) is 54.6 Å². The molecule has 3 saturated heterocycles. The van der Waals surface area contributed by atoms with Crippen LogP contribution in [0.4, 0.5) is 5.69 Å². The number of thioether (sulfide) groups is 1. The SMILES string of the molecule is C=CCOC(=O)[C@@H]1[C@H]2C(=O)N([C@@H](CO)CC(C)C)C(C(=O)N(CC=C)c3ccc(Cl)cc3)C23S[C@@H]1CC3C. The molecule has 3 aliphatic heterocycles. The van der Waals surface area contributed by atoms with Crippen molar-refractivity contribution in [3.8, 4) is 0 Å². The minimum Gasteiger partial charge on any atom is -0.461 e. The molecule has 1 aromatic carbocycles. The molecule has 206 valence electrons. The second kappa shape index (κ2) is 11.4. The van der Waals surface area contributed by atoms with Gasteiger partial charge in [-0.3, -0.25) is 14.4 Å². The highest BCUT2D eigenvalue weighted by atomic mass is 35.5. The van der Waals surface area contributed by atoms with Crippen LogP contribution >= 0.6 is 23.4 Å². The summed E-state index contributed by atoms with van der Waals surface area (Å²) in [5.74, 6) is -2.08. The van der Waals surface area contributed by atoms with Gasteiger partial charge in [0.2, 0.25) is 5.91 Å². The Bertz CT molecular complexity index is 1090. The molecule has 9 heteroatoms.